The summed E-state index contributed by atoms with van der Waals surface area (Å²) in [5.74, 6) is 0.353. The maximum atomic E-state index is 12.5. The van der Waals surface area contributed by atoms with Crippen molar-refractivity contribution in [1.82, 2.24) is 9.88 Å². The summed E-state index contributed by atoms with van der Waals surface area (Å²) in [6.45, 7) is 3.04. The molecular formula is C16H22N2O5S. The first-order valence-electron chi connectivity index (χ1n) is 8.10. The van der Waals surface area contributed by atoms with Crippen molar-refractivity contribution in [2.75, 3.05) is 38.7 Å². The third kappa shape index (κ3) is 3.00. The molecule has 2 fully saturated rings. The van der Waals surface area contributed by atoms with E-state index in [1.807, 2.05) is 13.0 Å². The molecule has 132 valence electrons. The number of sulfone groups is 1. The second-order valence-corrected chi connectivity index (χ2v) is 8.69. The number of pyridine rings is 1. The van der Waals surface area contributed by atoms with Gasteiger partial charge in [0.15, 0.2) is 9.84 Å². The summed E-state index contributed by atoms with van der Waals surface area (Å²) in [6.07, 6.45) is 2.19. The number of rotatable bonds is 6. The van der Waals surface area contributed by atoms with Crippen molar-refractivity contribution in [2.24, 2.45) is 5.92 Å². The van der Waals surface area contributed by atoms with Gasteiger partial charge in [0.1, 0.15) is 11.4 Å². The molecule has 3 heterocycles. The minimum absolute atomic E-state index is 0.00172. The monoisotopic (exact) mass is 354 g/mol. The molecule has 2 aliphatic heterocycles. The Labute approximate surface area is 141 Å². The smallest absolute Gasteiger partial charge is 0.248 e. The molecular weight excluding hydrogens is 332 g/mol. The third-order valence-electron chi connectivity index (χ3n) is 4.87. The molecule has 0 unspecified atom stereocenters. The van der Waals surface area contributed by atoms with Crippen LogP contribution in [0, 0.1) is 5.92 Å². The number of likely N-dealkylation sites (tertiary alicyclic amines) is 1. The highest BCUT2D eigenvalue weighted by Crippen LogP contribution is 2.44. The van der Waals surface area contributed by atoms with Crippen LogP contribution < -0.4 is 4.74 Å². The van der Waals surface area contributed by atoms with Gasteiger partial charge < -0.3 is 14.4 Å². The number of carbonyl (C=O) groups excluding carboxylic acids is 1. The Morgan fingerprint density at radius 2 is 2.21 bits per heavy atom. The molecule has 0 aromatic carbocycles. The van der Waals surface area contributed by atoms with E-state index in [1.165, 1.54) is 0 Å². The van der Waals surface area contributed by atoms with Crippen LogP contribution in [0.15, 0.2) is 24.4 Å². The standard InChI is InChI=1S/C16H22N2O5S/c1-2-22-10-15(19)18-11-16(12-18)13(6-8-24(16,20)21)9-23-14-5-3-4-7-17-14/h3-5,7,13H,2,6,8-12H2,1H3/t13-/m0/s1. The molecule has 2 aliphatic rings. The van der Waals surface area contributed by atoms with E-state index in [0.29, 0.717) is 25.5 Å². The van der Waals surface area contributed by atoms with Gasteiger partial charge in [0.05, 0.1) is 12.4 Å². The fourth-order valence-electron chi connectivity index (χ4n) is 3.38. The predicted octanol–water partition coefficient (Wildman–Crippen LogP) is 0.513. The maximum absolute atomic E-state index is 12.5. The van der Waals surface area contributed by atoms with E-state index in [-0.39, 0.29) is 37.3 Å². The summed E-state index contributed by atoms with van der Waals surface area (Å²) in [4.78, 5) is 17.6. The topological polar surface area (TPSA) is 85.8 Å². The molecule has 1 aromatic rings. The van der Waals surface area contributed by atoms with Gasteiger partial charge in [-0.3, -0.25) is 4.79 Å². The van der Waals surface area contributed by atoms with Gasteiger partial charge in [-0.25, -0.2) is 13.4 Å². The second-order valence-electron chi connectivity index (χ2n) is 6.24. The fraction of sp³-hybridized carbons (Fsp3) is 0.625. The van der Waals surface area contributed by atoms with Crippen molar-refractivity contribution in [3.63, 3.8) is 0 Å². The number of hydrogen-bond donors (Lipinski definition) is 0. The average Bonchev–Trinajstić information content (AvgIpc) is 2.81. The van der Waals surface area contributed by atoms with Gasteiger partial charge in [0, 0.05) is 37.9 Å². The molecule has 0 N–H and O–H groups in total. The largest absolute Gasteiger partial charge is 0.477 e. The minimum Gasteiger partial charge on any atom is -0.477 e. The van der Waals surface area contributed by atoms with E-state index in [2.05, 4.69) is 4.98 Å². The van der Waals surface area contributed by atoms with Crippen LogP contribution in [0.3, 0.4) is 0 Å². The number of ether oxygens (including phenoxy) is 2. The van der Waals surface area contributed by atoms with Gasteiger partial charge >= 0.3 is 0 Å². The lowest BCUT2D eigenvalue weighted by molar-refractivity contribution is -0.142. The zero-order chi connectivity index (χ0) is 17.2. The van der Waals surface area contributed by atoms with Crippen molar-refractivity contribution in [3.8, 4) is 5.88 Å². The Bertz CT molecular complexity index is 686. The highest BCUT2D eigenvalue weighted by atomic mass is 32.2. The first-order valence-corrected chi connectivity index (χ1v) is 9.75. The first kappa shape index (κ1) is 17.2. The molecule has 24 heavy (non-hydrogen) atoms. The Hall–Kier alpha value is -1.67. The van der Waals surface area contributed by atoms with Crippen LogP contribution in [0.4, 0.5) is 0 Å². The molecule has 7 nitrogen and oxygen atoms in total. The molecule has 1 amide bonds. The molecule has 0 aliphatic carbocycles. The normalized spacial score (nSPS) is 23.9. The van der Waals surface area contributed by atoms with Gasteiger partial charge in [0.2, 0.25) is 11.8 Å². The first-order chi connectivity index (χ1) is 11.5. The predicted molar refractivity (Wildman–Crippen MR) is 87.4 cm³/mol. The average molecular weight is 354 g/mol. The Morgan fingerprint density at radius 3 is 2.88 bits per heavy atom. The highest BCUT2D eigenvalue weighted by molar-refractivity contribution is 7.93. The van der Waals surface area contributed by atoms with Crippen LogP contribution in [-0.2, 0) is 19.4 Å². The van der Waals surface area contributed by atoms with Crippen LogP contribution in [0.1, 0.15) is 13.3 Å². The lowest BCUT2D eigenvalue weighted by Gasteiger charge is -2.49. The summed E-state index contributed by atoms with van der Waals surface area (Å²) in [5.41, 5.74) is 0. The lowest BCUT2D eigenvalue weighted by atomic mass is 9.83. The van der Waals surface area contributed by atoms with E-state index in [0.717, 1.165) is 0 Å². The van der Waals surface area contributed by atoms with Crippen molar-refractivity contribution in [1.29, 1.82) is 0 Å². The van der Waals surface area contributed by atoms with Crippen LogP contribution >= 0.6 is 0 Å². The molecule has 2 saturated heterocycles. The Kier molecular flexibility index (Phi) is 4.78. The van der Waals surface area contributed by atoms with Crippen molar-refractivity contribution < 1.29 is 22.7 Å². The van der Waals surface area contributed by atoms with Gasteiger partial charge in [-0.15, -0.1) is 0 Å². The quantitative estimate of drug-likeness (QED) is 0.740. The van der Waals surface area contributed by atoms with Gasteiger partial charge in [-0.05, 0) is 19.4 Å². The highest BCUT2D eigenvalue weighted by Gasteiger charge is 2.62. The van der Waals surface area contributed by atoms with Gasteiger partial charge in [0.25, 0.3) is 0 Å². The zero-order valence-electron chi connectivity index (χ0n) is 13.7. The third-order valence-corrected chi connectivity index (χ3v) is 7.47. The summed E-state index contributed by atoms with van der Waals surface area (Å²) in [7, 11) is -3.23. The summed E-state index contributed by atoms with van der Waals surface area (Å²) in [5, 5.41) is 0. The molecule has 1 atom stereocenters. The molecule has 1 spiro atoms. The molecule has 1 aromatic heterocycles. The molecule has 8 heteroatoms. The van der Waals surface area contributed by atoms with Crippen LogP contribution in [0.25, 0.3) is 0 Å². The fourth-order valence-corrected chi connectivity index (χ4v) is 5.78. The summed E-state index contributed by atoms with van der Waals surface area (Å²) in [6, 6.07) is 5.36. The number of hydrogen-bond acceptors (Lipinski definition) is 6. The van der Waals surface area contributed by atoms with Gasteiger partial charge in [-0.2, -0.15) is 0 Å². The van der Waals surface area contributed by atoms with E-state index in [9.17, 15) is 13.2 Å². The Morgan fingerprint density at radius 1 is 1.42 bits per heavy atom. The van der Waals surface area contributed by atoms with Crippen molar-refractivity contribution in [2.45, 2.75) is 18.1 Å². The van der Waals surface area contributed by atoms with E-state index in [4.69, 9.17) is 9.47 Å². The molecule has 0 radical (unpaired) electrons. The Balaban J connectivity index is 1.65. The molecule has 3 rings (SSSR count). The SMILES string of the molecule is CCOCC(=O)N1CC2(C1)[C@H](COc1ccccn1)CCS2(=O)=O. The number of amides is 1. The molecule has 0 bridgehead atoms. The lowest BCUT2D eigenvalue weighted by Crippen LogP contribution is -2.69. The summed E-state index contributed by atoms with van der Waals surface area (Å²) < 4.78 is 35.0. The van der Waals surface area contributed by atoms with E-state index >= 15 is 0 Å². The zero-order valence-corrected chi connectivity index (χ0v) is 14.5. The maximum Gasteiger partial charge on any atom is 0.248 e. The number of nitrogens with zero attached hydrogens (tertiary/aromatic N) is 2. The summed E-state index contributed by atoms with van der Waals surface area (Å²) >= 11 is 0. The van der Waals surface area contributed by atoms with E-state index < -0.39 is 14.6 Å². The van der Waals surface area contributed by atoms with Crippen LogP contribution in [0.5, 0.6) is 5.88 Å². The van der Waals surface area contributed by atoms with Crippen molar-refractivity contribution in [3.05, 3.63) is 24.4 Å². The van der Waals surface area contributed by atoms with Crippen LogP contribution in [-0.4, -0.2) is 67.6 Å². The van der Waals surface area contributed by atoms with Gasteiger partial charge in [-0.1, -0.05) is 6.07 Å². The number of aromatic nitrogens is 1. The number of carbonyl (C=O) groups is 1. The van der Waals surface area contributed by atoms with Crippen LogP contribution in [0.2, 0.25) is 0 Å². The second kappa shape index (κ2) is 6.68. The van der Waals surface area contributed by atoms with Crippen molar-refractivity contribution >= 4 is 15.7 Å². The molecule has 0 saturated carbocycles. The minimum atomic E-state index is -3.23. The van der Waals surface area contributed by atoms with E-state index in [1.54, 1.807) is 23.2 Å².